The second-order valence-corrected chi connectivity index (χ2v) is 5.10. The van der Waals surface area contributed by atoms with Gasteiger partial charge in [-0.2, -0.15) is 10.2 Å². The van der Waals surface area contributed by atoms with Gasteiger partial charge in [0.25, 0.3) is 0 Å². The molecule has 1 unspecified atom stereocenters. The maximum Gasteiger partial charge on any atom is 0.356 e. The molecule has 0 spiro atoms. The molecule has 2 heterocycles. The molecule has 2 N–H and O–H groups in total. The zero-order valence-corrected chi connectivity index (χ0v) is 12.8. The fourth-order valence-corrected chi connectivity index (χ4v) is 2.12. The van der Waals surface area contributed by atoms with Crippen molar-refractivity contribution in [1.82, 2.24) is 24.9 Å². The number of nitrogens with zero attached hydrogens (tertiary/aromatic N) is 4. The molecule has 0 aliphatic carbocycles. The van der Waals surface area contributed by atoms with Crippen LogP contribution in [0.2, 0.25) is 0 Å². The second kappa shape index (κ2) is 6.42. The number of carbonyl (C=O) groups is 2. The lowest BCUT2D eigenvalue weighted by Crippen LogP contribution is -2.33. The number of nitrogens with one attached hydrogen (secondary N) is 1. The molecule has 0 saturated carbocycles. The topological polar surface area (TPSA) is 102 Å². The quantitative estimate of drug-likeness (QED) is 0.821. The van der Waals surface area contributed by atoms with Crippen molar-refractivity contribution in [3.8, 4) is 0 Å². The Labute approximate surface area is 127 Å². The van der Waals surface area contributed by atoms with Crippen LogP contribution in [0.4, 0.5) is 0 Å². The second-order valence-electron chi connectivity index (χ2n) is 5.10. The number of aryl methyl sites for hydroxylation is 2. The van der Waals surface area contributed by atoms with Crippen molar-refractivity contribution < 1.29 is 14.7 Å². The van der Waals surface area contributed by atoms with Crippen molar-refractivity contribution in [2.75, 3.05) is 6.54 Å². The first-order valence-corrected chi connectivity index (χ1v) is 6.95. The van der Waals surface area contributed by atoms with Crippen molar-refractivity contribution in [2.45, 2.75) is 33.4 Å². The first-order valence-electron chi connectivity index (χ1n) is 6.95. The van der Waals surface area contributed by atoms with Crippen LogP contribution in [0.25, 0.3) is 0 Å². The summed E-state index contributed by atoms with van der Waals surface area (Å²) in [5.74, 6) is -1.34. The van der Waals surface area contributed by atoms with Crippen LogP contribution in [-0.2, 0) is 11.3 Å². The highest BCUT2D eigenvalue weighted by atomic mass is 16.4. The van der Waals surface area contributed by atoms with Crippen LogP contribution < -0.4 is 5.32 Å². The molecule has 118 valence electrons. The predicted molar refractivity (Wildman–Crippen MR) is 78.6 cm³/mol. The number of hydrogen-bond donors (Lipinski definition) is 2. The van der Waals surface area contributed by atoms with Crippen molar-refractivity contribution in [3.05, 3.63) is 35.4 Å². The molecule has 0 radical (unpaired) electrons. The standard InChI is InChI=1S/C14H19N5O3/c1-9-8-10(2)18(16-9)7-5-15-13(20)11(3)19-6-4-12(17-19)14(21)22/h4,6,8,11H,5,7H2,1-3H3,(H,15,20)(H,21,22). The van der Waals surface area contributed by atoms with Gasteiger partial charge < -0.3 is 10.4 Å². The fraction of sp³-hybridized carbons (Fsp3) is 0.429. The van der Waals surface area contributed by atoms with E-state index < -0.39 is 12.0 Å². The fourth-order valence-electron chi connectivity index (χ4n) is 2.12. The van der Waals surface area contributed by atoms with E-state index in [9.17, 15) is 9.59 Å². The van der Waals surface area contributed by atoms with Crippen molar-refractivity contribution in [2.24, 2.45) is 0 Å². The minimum Gasteiger partial charge on any atom is -0.476 e. The molecule has 8 nitrogen and oxygen atoms in total. The third kappa shape index (κ3) is 3.51. The zero-order chi connectivity index (χ0) is 16.3. The highest BCUT2D eigenvalue weighted by Crippen LogP contribution is 2.06. The number of carboxylic acid groups (broad SMARTS) is 1. The van der Waals surface area contributed by atoms with Crippen LogP contribution in [0.5, 0.6) is 0 Å². The van der Waals surface area contributed by atoms with Crippen LogP contribution in [0, 0.1) is 13.8 Å². The molecule has 8 heteroatoms. The third-order valence-corrected chi connectivity index (χ3v) is 3.33. The third-order valence-electron chi connectivity index (χ3n) is 3.33. The zero-order valence-electron chi connectivity index (χ0n) is 12.8. The number of rotatable bonds is 6. The summed E-state index contributed by atoms with van der Waals surface area (Å²) in [5.41, 5.74) is 1.90. The summed E-state index contributed by atoms with van der Waals surface area (Å²) in [6, 6.07) is 2.76. The normalized spacial score (nSPS) is 12.1. The number of carboxylic acids is 1. The average Bonchev–Trinajstić information content (AvgIpc) is 3.05. The summed E-state index contributed by atoms with van der Waals surface area (Å²) >= 11 is 0. The van der Waals surface area contributed by atoms with Gasteiger partial charge in [0.05, 0.1) is 12.2 Å². The van der Waals surface area contributed by atoms with Gasteiger partial charge in [-0.15, -0.1) is 0 Å². The molecule has 0 fully saturated rings. The molecule has 22 heavy (non-hydrogen) atoms. The van der Waals surface area contributed by atoms with Gasteiger partial charge in [-0.25, -0.2) is 4.79 Å². The Kier molecular flexibility index (Phi) is 4.59. The SMILES string of the molecule is Cc1cc(C)n(CCNC(=O)C(C)n2ccc(C(=O)O)n2)n1. The van der Waals surface area contributed by atoms with Crippen LogP contribution in [-0.4, -0.2) is 43.1 Å². The van der Waals surface area contributed by atoms with Gasteiger partial charge in [-0.05, 0) is 32.9 Å². The summed E-state index contributed by atoms with van der Waals surface area (Å²) in [7, 11) is 0. The summed E-state index contributed by atoms with van der Waals surface area (Å²) in [5, 5.41) is 19.8. The molecule has 2 aromatic heterocycles. The Morgan fingerprint density at radius 1 is 1.36 bits per heavy atom. The molecular weight excluding hydrogens is 286 g/mol. The van der Waals surface area contributed by atoms with E-state index in [1.54, 1.807) is 6.92 Å². The average molecular weight is 305 g/mol. The summed E-state index contributed by atoms with van der Waals surface area (Å²) in [6.07, 6.45) is 1.48. The first-order chi connectivity index (χ1) is 10.4. The van der Waals surface area contributed by atoms with Crippen molar-refractivity contribution in [1.29, 1.82) is 0 Å². The van der Waals surface area contributed by atoms with Gasteiger partial charge in [0, 0.05) is 18.4 Å². The van der Waals surface area contributed by atoms with Crippen molar-refractivity contribution >= 4 is 11.9 Å². The van der Waals surface area contributed by atoms with E-state index in [0.717, 1.165) is 11.4 Å². The van der Waals surface area contributed by atoms with E-state index in [-0.39, 0.29) is 11.6 Å². The Balaban J connectivity index is 1.88. The van der Waals surface area contributed by atoms with Crippen LogP contribution >= 0.6 is 0 Å². The van der Waals surface area contributed by atoms with Crippen LogP contribution in [0.3, 0.4) is 0 Å². The number of amides is 1. The summed E-state index contributed by atoms with van der Waals surface area (Å²) in [4.78, 5) is 22.8. The molecular formula is C14H19N5O3. The largest absolute Gasteiger partial charge is 0.476 e. The highest BCUT2D eigenvalue weighted by molar-refractivity contribution is 5.85. The Hall–Kier alpha value is -2.64. The minimum absolute atomic E-state index is 0.0812. The van der Waals surface area contributed by atoms with Crippen molar-refractivity contribution in [3.63, 3.8) is 0 Å². The van der Waals surface area contributed by atoms with E-state index in [1.807, 2.05) is 24.6 Å². The molecule has 0 aromatic carbocycles. The summed E-state index contributed by atoms with van der Waals surface area (Å²) in [6.45, 7) is 6.57. The smallest absolute Gasteiger partial charge is 0.356 e. The molecule has 0 aliphatic rings. The van der Waals surface area contributed by atoms with E-state index in [0.29, 0.717) is 13.1 Å². The predicted octanol–water partition coefficient (Wildman–Crippen LogP) is 0.772. The molecule has 0 saturated heterocycles. The lowest BCUT2D eigenvalue weighted by Gasteiger charge is -2.13. The molecule has 0 bridgehead atoms. The number of carbonyl (C=O) groups excluding carboxylic acids is 1. The Morgan fingerprint density at radius 2 is 2.09 bits per heavy atom. The van der Waals surface area contributed by atoms with Gasteiger partial charge in [-0.1, -0.05) is 0 Å². The Morgan fingerprint density at radius 3 is 2.64 bits per heavy atom. The van der Waals surface area contributed by atoms with E-state index >= 15 is 0 Å². The number of aromatic nitrogens is 4. The van der Waals surface area contributed by atoms with E-state index in [1.165, 1.54) is 16.9 Å². The minimum atomic E-state index is -1.11. The van der Waals surface area contributed by atoms with E-state index in [2.05, 4.69) is 15.5 Å². The molecule has 1 atom stereocenters. The molecule has 0 aliphatic heterocycles. The molecule has 2 rings (SSSR count). The first kappa shape index (κ1) is 15.7. The van der Waals surface area contributed by atoms with Gasteiger partial charge >= 0.3 is 5.97 Å². The summed E-state index contributed by atoms with van der Waals surface area (Å²) < 4.78 is 3.17. The van der Waals surface area contributed by atoms with Crippen LogP contribution in [0.15, 0.2) is 18.3 Å². The Bertz CT molecular complexity index is 688. The maximum atomic E-state index is 12.1. The van der Waals surface area contributed by atoms with Crippen LogP contribution in [0.1, 0.15) is 34.8 Å². The molecule has 2 aromatic rings. The number of hydrogen-bond acceptors (Lipinski definition) is 4. The molecule has 1 amide bonds. The number of aromatic carboxylic acids is 1. The van der Waals surface area contributed by atoms with E-state index in [4.69, 9.17) is 5.11 Å². The monoisotopic (exact) mass is 305 g/mol. The van der Waals surface area contributed by atoms with Gasteiger partial charge in [-0.3, -0.25) is 14.2 Å². The highest BCUT2D eigenvalue weighted by Gasteiger charge is 2.17. The van der Waals surface area contributed by atoms with Gasteiger partial charge in [0.1, 0.15) is 6.04 Å². The maximum absolute atomic E-state index is 12.1. The van der Waals surface area contributed by atoms with Gasteiger partial charge in [0.2, 0.25) is 5.91 Å². The van der Waals surface area contributed by atoms with Gasteiger partial charge in [0.15, 0.2) is 5.69 Å². The lowest BCUT2D eigenvalue weighted by molar-refractivity contribution is -0.124. The lowest BCUT2D eigenvalue weighted by atomic mass is 10.3.